The van der Waals surface area contributed by atoms with Gasteiger partial charge in [-0.2, -0.15) is 0 Å². The van der Waals surface area contributed by atoms with Gasteiger partial charge in [-0.15, -0.1) is 0 Å². The number of rotatable bonds is 7. The van der Waals surface area contributed by atoms with Crippen molar-refractivity contribution >= 4 is 39.2 Å². The minimum atomic E-state index is -4.07. The van der Waals surface area contributed by atoms with Gasteiger partial charge < -0.3 is 10.4 Å². The van der Waals surface area contributed by atoms with Crippen LogP contribution in [0.4, 0.5) is 5.69 Å². The summed E-state index contributed by atoms with van der Waals surface area (Å²) in [5.74, 6) is -1.19. The lowest BCUT2D eigenvalue weighted by Crippen LogP contribution is -2.49. The van der Waals surface area contributed by atoms with Crippen LogP contribution in [0.5, 0.6) is 0 Å². The van der Waals surface area contributed by atoms with E-state index in [1.807, 2.05) is 24.3 Å². The third-order valence-electron chi connectivity index (χ3n) is 8.70. The minimum Gasteiger partial charge on any atom is -0.478 e. The van der Waals surface area contributed by atoms with Crippen molar-refractivity contribution in [3.05, 3.63) is 94.0 Å². The average molecular weight is 579 g/mol. The Morgan fingerprint density at radius 1 is 0.950 bits per heavy atom. The van der Waals surface area contributed by atoms with E-state index in [0.29, 0.717) is 16.3 Å². The van der Waals surface area contributed by atoms with Gasteiger partial charge in [0, 0.05) is 22.5 Å². The molecule has 2 N–H and O–H groups in total. The lowest BCUT2D eigenvalue weighted by atomic mass is 9.65. The topological polar surface area (TPSA) is 104 Å². The number of anilines is 1. The molecule has 0 aromatic heterocycles. The maximum Gasteiger partial charge on any atom is 0.335 e. The predicted molar refractivity (Wildman–Crippen MR) is 153 cm³/mol. The fraction of sp³-hybridized carbons (Fsp3) is 0.355. The van der Waals surface area contributed by atoms with Gasteiger partial charge in [0.15, 0.2) is 0 Å². The molecule has 1 heterocycles. The Bertz CT molecular complexity index is 1590. The van der Waals surface area contributed by atoms with Gasteiger partial charge in [0.2, 0.25) is 0 Å². The van der Waals surface area contributed by atoms with Crippen LogP contribution < -0.4 is 9.62 Å². The summed E-state index contributed by atoms with van der Waals surface area (Å²) in [6, 6.07) is 18.0. The fourth-order valence-corrected chi connectivity index (χ4v) is 8.75. The van der Waals surface area contributed by atoms with Crippen LogP contribution in [-0.2, 0) is 22.0 Å². The summed E-state index contributed by atoms with van der Waals surface area (Å²) in [5.41, 5.74) is 2.36. The van der Waals surface area contributed by atoms with Crippen LogP contribution in [0.15, 0.2) is 71.6 Å². The van der Waals surface area contributed by atoms with E-state index in [1.54, 1.807) is 22.5 Å². The molecule has 1 unspecified atom stereocenters. The summed E-state index contributed by atoms with van der Waals surface area (Å²) in [5, 5.41) is 13.0. The third kappa shape index (κ3) is 4.57. The Hall–Kier alpha value is -3.36. The van der Waals surface area contributed by atoms with Crippen molar-refractivity contribution in [2.75, 3.05) is 4.31 Å². The first kappa shape index (κ1) is 26.8. The summed E-state index contributed by atoms with van der Waals surface area (Å²) < 4.78 is 30.2. The SMILES string of the molecule is O=C(O)c1cccc(S(=O)(=O)N2c3ccc(C(=O)NCc4ccccc4Cl)cc3C3(CCCCC3)C2C2CC2)c1. The van der Waals surface area contributed by atoms with E-state index in [-0.39, 0.29) is 40.3 Å². The third-order valence-corrected chi connectivity index (χ3v) is 10.9. The Kier molecular flexibility index (Phi) is 6.87. The highest BCUT2D eigenvalue weighted by Crippen LogP contribution is 2.60. The predicted octanol–water partition coefficient (Wildman–Crippen LogP) is 6.16. The van der Waals surface area contributed by atoms with E-state index in [4.69, 9.17) is 11.6 Å². The fourth-order valence-electron chi connectivity index (χ4n) is 6.71. The molecule has 2 fully saturated rings. The highest BCUT2D eigenvalue weighted by atomic mass is 35.5. The van der Waals surface area contributed by atoms with Gasteiger partial charge in [0.1, 0.15) is 0 Å². The molecule has 208 valence electrons. The number of halogens is 1. The Morgan fingerprint density at radius 3 is 2.40 bits per heavy atom. The van der Waals surface area contributed by atoms with Crippen LogP contribution in [-0.4, -0.2) is 31.4 Å². The molecule has 2 saturated carbocycles. The summed E-state index contributed by atoms with van der Waals surface area (Å²) in [6.45, 7) is 0.284. The molecule has 1 amide bonds. The van der Waals surface area contributed by atoms with Crippen LogP contribution in [0.3, 0.4) is 0 Å². The van der Waals surface area contributed by atoms with Crippen molar-refractivity contribution in [1.82, 2.24) is 5.32 Å². The van der Waals surface area contributed by atoms with Gasteiger partial charge in [-0.05, 0) is 85.2 Å². The summed E-state index contributed by atoms with van der Waals surface area (Å²) >= 11 is 6.27. The first-order valence-corrected chi connectivity index (χ1v) is 15.6. The zero-order chi connectivity index (χ0) is 28.1. The van der Waals surface area contributed by atoms with Crippen LogP contribution in [0.2, 0.25) is 5.02 Å². The molecule has 1 atom stereocenters. The zero-order valence-electron chi connectivity index (χ0n) is 22.0. The van der Waals surface area contributed by atoms with Gasteiger partial charge in [0.25, 0.3) is 15.9 Å². The number of amides is 1. The molecule has 3 aromatic rings. The molecule has 9 heteroatoms. The monoisotopic (exact) mass is 578 g/mol. The standard InChI is InChI=1S/C31H31ClN2O5S/c32-26-10-3-2-7-23(26)19-33-29(35)21-13-14-27-25(18-21)31(15-4-1-5-16-31)28(20-11-12-20)34(27)40(38,39)24-9-6-8-22(17-24)30(36)37/h2-3,6-10,13-14,17-18,20,28H,1,4-5,11-12,15-16,19H2,(H,33,35)(H,36,37). The molecule has 6 rings (SSSR count). The Morgan fingerprint density at radius 2 is 1.70 bits per heavy atom. The zero-order valence-corrected chi connectivity index (χ0v) is 23.5. The molecule has 3 aliphatic rings. The molecule has 2 aliphatic carbocycles. The number of carboxylic acids is 1. The smallest absolute Gasteiger partial charge is 0.335 e. The molecule has 0 radical (unpaired) electrons. The number of nitrogens with one attached hydrogen (secondary N) is 1. The number of sulfonamides is 1. The van der Waals surface area contributed by atoms with E-state index in [9.17, 15) is 23.1 Å². The first-order chi connectivity index (χ1) is 19.2. The number of nitrogens with zero attached hydrogens (tertiary/aromatic N) is 1. The van der Waals surface area contributed by atoms with Crippen molar-refractivity contribution in [3.8, 4) is 0 Å². The number of carbonyl (C=O) groups excluding carboxylic acids is 1. The second kappa shape index (κ2) is 10.2. The van der Waals surface area contributed by atoms with Gasteiger partial charge >= 0.3 is 5.97 Å². The van der Waals surface area contributed by atoms with Crippen molar-refractivity contribution in [3.63, 3.8) is 0 Å². The van der Waals surface area contributed by atoms with Crippen LogP contribution in [0.25, 0.3) is 0 Å². The second-order valence-electron chi connectivity index (χ2n) is 11.1. The molecule has 1 aliphatic heterocycles. The van der Waals surface area contributed by atoms with Gasteiger partial charge in [-0.25, -0.2) is 13.2 Å². The largest absolute Gasteiger partial charge is 0.478 e. The summed E-state index contributed by atoms with van der Waals surface area (Å²) in [6.07, 6.45) is 6.70. The summed E-state index contributed by atoms with van der Waals surface area (Å²) in [7, 11) is -4.07. The molecular weight excluding hydrogens is 548 g/mol. The number of carboxylic acid groups (broad SMARTS) is 1. The lowest BCUT2D eigenvalue weighted by Gasteiger charge is -2.42. The Balaban J connectivity index is 1.42. The quantitative estimate of drug-likeness (QED) is 0.349. The van der Waals surface area contributed by atoms with Crippen LogP contribution in [0.1, 0.15) is 76.8 Å². The Labute approximate surface area is 239 Å². The molecule has 40 heavy (non-hydrogen) atoms. The normalized spacial score (nSPS) is 19.8. The lowest BCUT2D eigenvalue weighted by molar-refractivity contribution is 0.0696. The van der Waals surface area contributed by atoms with Crippen molar-refractivity contribution < 1.29 is 23.1 Å². The van der Waals surface area contributed by atoms with E-state index in [1.165, 1.54) is 24.3 Å². The van der Waals surface area contributed by atoms with Crippen LogP contribution >= 0.6 is 11.6 Å². The van der Waals surface area contributed by atoms with E-state index >= 15 is 0 Å². The molecular formula is C31H31ClN2O5S. The highest BCUT2D eigenvalue weighted by Gasteiger charge is 2.59. The van der Waals surface area contributed by atoms with E-state index < -0.39 is 16.0 Å². The number of hydrogen-bond acceptors (Lipinski definition) is 4. The van der Waals surface area contributed by atoms with Crippen molar-refractivity contribution in [1.29, 1.82) is 0 Å². The second-order valence-corrected chi connectivity index (χ2v) is 13.4. The number of hydrogen-bond donors (Lipinski definition) is 2. The van der Waals surface area contributed by atoms with Crippen molar-refractivity contribution in [2.45, 2.75) is 67.8 Å². The minimum absolute atomic E-state index is 0.0292. The molecule has 0 saturated heterocycles. The number of carbonyl (C=O) groups is 2. The maximum absolute atomic E-state index is 14.3. The van der Waals surface area contributed by atoms with Gasteiger partial charge in [-0.3, -0.25) is 9.10 Å². The molecule has 3 aromatic carbocycles. The van der Waals surface area contributed by atoms with Gasteiger partial charge in [-0.1, -0.05) is 55.1 Å². The van der Waals surface area contributed by atoms with E-state index in [0.717, 1.165) is 56.1 Å². The van der Waals surface area contributed by atoms with E-state index in [2.05, 4.69) is 5.32 Å². The number of aromatic carboxylic acids is 1. The van der Waals surface area contributed by atoms with Crippen LogP contribution in [0, 0.1) is 5.92 Å². The number of benzene rings is 3. The van der Waals surface area contributed by atoms with Crippen molar-refractivity contribution in [2.24, 2.45) is 5.92 Å². The number of fused-ring (bicyclic) bond motifs is 2. The summed E-state index contributed by atoms with van der Waals surface area (Å²) in [4.78, 5) is 24.9. The highest BCUT2D eigenvalue weighted by molar-refractivity contribution is 7.93. The maximum atomic E-state index is 14.3. The molecule has 1 spiro atoms. The molecule has 7 nitrogen and oxygen atoms in total. The average Bonchev–Trinajstić information content (AvgIpc) is 3.76. The van der Waals surface area contributed by atoms with Gasteiger partial charge in [0.05, 0.1) is 22.2 Å². The molecule has 0 bridgehead atoms. The first-order valence-electron chi connectivity index (χ1n) is 13.8.